The zero-order chi connectivity index (χ0) is 21.5. The smallest absolute Gasteiger partial charge is 0.262 e. The minimum absolute atomic E-state index is 0.0559. The quantitative estimate of drug-likeness (QED) is 0.495. The second-order valence-corrected chi connectivity index (χ2v) is 9.40. The van der Waals surface area contributed by atoms with Crippen LogP contribution in [0.1, 0.15) is 11.1 Å². The van der Waals surface area contributed by atoms with Crippen LogP contribution in [0.15, 0.2) is 65.6 Å². The van der Waals surface area contributed by atoms with Gasteiger partial charge < -0.3 is 4.90 Å². The van der Waals surface area contributed by atoms with E-state index in [0.29, 0.717) is 5.39 Å². The summed E-state index contributed by atoms with van der Waals surface area (Å²) < 4.78 is 28.7. The van der Waals surface area contributed by atoms with E-state index in [4.69, 9.17) is 0 Å². The molecule has 1 aliphatic rings. The molecule has 3 aromatic carbocycles. The Kier molecular flexibility index (Phi) is 5.23. The minimum Gasteiger partial charge on any atom is -0.377 e. The second kappa shape index (κ2) is 7.71. The van der Waals surface area contributed by atoms with Gasteiger partial charge in [0.1, 0.15) is 6.04 Å². The molecule has 1 amide bonds. The third-order valence-electron chi connectivity index (χ3n) is 5.55. The van der Waals surface area contributed by atoms with Crippen LogP contribution < -0.4 is 10.4 Å². The average molecular weight is 426 g/mol. The molecule has 1 heterocycles. The molecular formula is C22H23N3O4S. The van der Waals surface area contributed by atoms with Gasteiger partial charge in [0.2, 0.25) is 10.0 Å². The number of sulfonamides is 1. The third-order valence-corrected chi connectivity index (χ3v) is 7.46. The maximum Gasteiger partial charge on any atom is 0.262 e. The highest BCUT2D eigenvalue weighted by molar-refractivity contribution is 7.89. The van der Waals surface area contributed by atoms with Crippen molar-refractivity contribution in [2.75, 3.05) is 19.0 Å². The predicted octanol–water partition coefficient (Wildman–Crippen LogP) is 2.53. The molecule has 2 N–H and O–H groups in total. The number of hydrogen-bond acceptors (Lipinski definition) is 5. The number of rotatable bonds is 4. The van der Waals surface area contributed by atoms with Crippen molar-refractivity contribution >= 4 is 32.4 Å². The summed E-state index contributed by atoms with van der Waals surface area (Å²) in [6.07, 6.45) is 0.190. The Hall–Kier alpha value is -2.94. The second-order valence-electron chi connectivity index (χ2n) is 7.54. The highest BCUT2D eigenvalue weighted by atomic mass is 32.2. The number of carbonyl (C=O) groups excluding carboxylic acids is 1. The molecule has 156 valence electrons. The van der Waals surface area contributed by atoms with Crippen molar-refractivity contribution in [2.24, 2.45) is 0 Å². The van der Waals surface area contributed by atoms with E-state index in [1.807, 2.05) is 61.5 Å². The maximum atomic E-state index is 13.8. The lowest BCUT2D eigenvalue weighted by molar-refractivity contribution is -0.133. The van der Waals surface area contributed by atoms with Gasteiger partial charge in [-0.1, -0.05) is 48.5 Å². The number of nitrogens with one attached hydrogen (secondary N) is 1. The van der Waals surface area contributed by atoms with Gasteiger partial charge in [-0.05, 0) is 29.7 Å². The summed E-state index contributed by atoms with van der Waals surface area (Å²) in [6, 6.07) is 17.1. The molecule has 0 aliphatic carbocycles. The average Bonchev–Trinajstić information content (AvgIpc) is 2.76. The highest BCUT2D eigenvalue weighted by Crippen LogP contribution is 2.35. The van der Waals surface area contributed by atoms with E-state index in [0.717, 1.165) is 22.2 Å². The summed E-state index contributed by atoms with van der Waals surface area (Å²) in [4.78, 5) is 14.5. The van der Waals surface area contributed by atoms with E-state index >= 15 is 0 Å². The summed E-state index contributed by atoms with van der Waals surface area (Å²) in [5.41, 5.74) is 4.27. The molecule has 1 unspecified atom stereocenters. The van der Waals surface area contributed by atoms with E-state index in [2.05, 4.69) is 0 Å². The van der Waals surface area contributed by atoms with Gasteiger partial charge in [-0.15, -0.1) is 0 Å². The van der Waals surface area contributed by atoms with Crippen LogP contribution in [0.3, 0.4) is 0 Å². The Bertz CT molecular complexity index is 1220. The van der Waals surface area contributed by atoms with Gasteiger partial charge in [0.05, 0.1) is 4.90 Å². The lowest BCUT2D eigenvalue weighted by Gasteiger charge is -2.34. The number of fused-ring (bicyclic) bond motifs is 2. The molecule has 0 bridgehead atoms. The topological polar surface area (TPSA) is 90.0 Å². The Balaban J connectivity index is 1.88. The molecule has 0 radical (unpaired) electrons. The van der Waals surface area contributed by atoms with Crippen LogP contribution in [0.4, 0.5) is 5.69 Å². The Morgan fingerprint density at radius 3 is 2.37 bits per heavy atom. The van der Waals surface area contributed by atoms with Crippen molar-refractivity contribution in [3.63, 3.8) is 0 Å². The largest absolute Gasteiger partial charge is 0.377 e. The first-order valence-corrected chi connectivity index (χ1v) is 11.0. The lowest BCUT2D eigenvalue weighted by Crippen LogP contribution is -2.51. The summed E-state index contributed by atoms with van der Waals surface area (Å²) >= 11 is 0. The van der Waals surface area contributed by atoms with Crippen LogP contribution in [0, 0.1) is 0 Å². The fourth-order valence-electron chi connectivity index (χ4n) is 4.06. The van der Waals surface area contributed by atoms with Crippen molar-refractivity contribution < 1.29 is 18.4 Å². The molecule has 0 saturated carbocycles. The van der Waals surface area contributed by atoms with E-state index in [-0.39, 0.29) is 17.9 Å². The van der Waals surface area contributed by atoms with E-state index < -0.39 is 22.0 Å². The van der Waals surface area contributed by atoms with Crippen molar-refractivity contribution in [3.05, 3.63) is 71.8 Å². The van der Waals surface area contributed by atoms with Crippen LogP contribution >= 0.6 is 0 Å². The van der Waals surface area contributed by atoms with Gasteiger partial charge in [0, 0.05) is 37.1 Å². The van der Waals surface area contributed by atoms with Gasteiger partial charge in [-0.3, -0.25) is 10.0 Å². The Labute approximate surface area is 175 Å². The zero-order valence-electron chi connectivity index (χ0n) is 16.7. The van der Waals surface area contributed by atoms with Crippen LogP contribution in [0.2, 0.25) is 0 Å². The van der Waals surface area contributed by atoms with Crippen molar-refractivity contribution in [3.8, 4) is 0 Å². The molecule has 1 aliphatic heterocycles. The normalized spacial score (nSPS) is 16.8. The zero-order valence-corrected chi connectivity index (χ0v) is 17.6. The highest BCUT2D eigenvalue weighted by Gasteiger charge is 2.40. The molecule has 0 saturated heterocycles. The Morgan fingerprint density at radius 2 is 1.67 bits per heavy atom. The van der Waals surface area contributed by atoms with E-state index in [1.54, 1.807) is 23.7 Å². The van der Waals surface area contributed by atoms with Crippen LogP contribution in [0.25, 0.3) is 10.8 Å². The first kappa shape index (κ1) is 20.3. The molecule has 30 heavy (non-hydrogen) atoms. The molecular weight excluding hydrogens is 402 g/mol. The van der Waals surface area contributed by atoms with Crippen LogP contribution in [0.5, 0.6) is 0 Å². The third kappa shape index (κ3) is 3.32. The van der Waals surface area contributed by atoms with E-state index in [9.17, 15) is 18.4 Å². The van der Waals surface area contributed by atoms with Gasteiger partial charge in [-0.2, -0.15) is 4.31 Å². The van der Waals surface area contributed by atoms with Gasteiger partial charge in [0.15, 0.2) is 0 Å². The first-order valence-electron chi connectivity index (χ1n) is 9.56. The van der Waals surface area contributed by atoms with E-state index in [1.165, 1.54) is 4.31 Å². The monoisotopic (exact) mass is 425 g/mol. The standard InChI is InChI=1S/C22H23N3O4S/c1-24(2)19-11-5-10-18-17(19)9-6-12-21(18)30(28,29)25-14-16-8-4-3-7-15(16)13-20(25)22(26)23-27/h3-12,20,27H,13-14H2,1-2H3,(H,23,26). The minimum atomic E-state index is -4.04. The Morgan fingerprint density at radius 1 is 1.00 bits per heavy atom. The molecule has 0 fully saturated rings. The fourth-order valence-corrected chi connectivity index (χ4v) is 5.83. The SMILES string of the molecule is CN(C)c1cccc2c(S(=O)(=O)N3Cc4ccccc4CC3C(=O)NO)cccc12. The molecule has 8 heteroatoms. The molecule has 4 rings (SSSR count). The van der Waals surface area contributed by atoms with Crippen LogP contribution in [-0.2, 0) is 27.8 Å². The number of nitrogens with zero attached hydrogens (tertiary/aromatic N) is 2. The molecule has 1 atom stereocenters. The molecule has 7 nitrogen and oxygen atoms in total. The summed E-state index contributed by atoms with van der Waals surface area (Å²) in [5.74, 6) is -0.748. The summed E-state index contributed by atoms with van der Waals surface area (Å²) in [5, 5.41) is 10.6. The lowest BCUT2D eigenvalue weighted by atomic mass is 9.95. The molecule has 0 spiro atoms. The number of hydrogen-bond donors (Lipinski definition) is 2. The van der Waals surface area contributed by atoms with Crippen molar-refractivity contribution in [2.45, 2.75) is 23.9 Å². The van der Waals surface area contributed by atoms with Gasteiger partial charge in [0.25, 0.3) is 5.91 Å². The number of anilines is 1. The fraction of sp³-hybridized carbons (Fsp3) is 0.227. The predicted molar refractivity (Wildman–Crippen MR) is 115 cm³/mol. The first-order chi connectivity index (χ1) is 14.3. The van der Waals surface area contributed by atoms with Crippen LogP contribution in [-0.4, -0.2) is 44.0 Å². The number of amides is 1. The summed E-state index contributed by atoms with van der Waals surface area (Å²) in [7, 11) is -0.231. The number of hydroxylamine groups is 1. The number of benzene rings is 3. The maximum absolute atomic E-state index is 13.8. The number of carbonyl (C=O) groups is 1. The summed E-state index contributed by atoms with van der Waals surface area (Å²) in [6.45, 7) is 0.0559. The van der Waals surface area contributed by atoms with Gasteiger partial charge in [-0.25, -0.2) is 13.9 Å². The molecule has 0 aromatic heterocycles. The molecule has 3 aromatic rings. The van der Waals surface area contributed by atoms with Crippen molar-refractivity contribution in [1.29, 1.82) is 0 Å². The van der Waals surface area contributed by atoms with Crippen molar-refractivity contribution in [1.82, 2.24) is 9.79 Å². The van der Waals surface area contributed by atoms with Gasteiger partial charge >= 0.3 is 0 Å².